The van der Waals surface area contributed by atoms with Crippen LogP contribution in [0.15, 0.2) is 24.3 Å². The molecule has 4 rings (SSSR count). The molecule has 0 saturated carbocycles. The number of aliphatic hydroxyl groups is 1. The van der Waals surface area contributed by atoms with E-state index in [2.05, 4.69) is 41.0 Å². The van der Waals surface area contributed by atoms with Gasteiger partial charge in [0.2, 0.25) is 5.91 Å². The minimum absolute atomic E-state index is 0.202. The number of piperidine rings is 1. The van der Waals surface area contributed by atoms with Gasteiger partial charge in [0.1, 0.15) is 5.82 Å². The first kappa shape index (κ1) is 19.2. The smallest absolute Gasteiger partial charge is 0.236 e. The van der Waals surface area contributed by atoms with Crippen molar-refractivity contribution in [3.05, 3.63) is 35.4 Å². The summed E-state index contributed by atoms with van der Waals surface area (Å²) in [6.45, 7) is 9.28. The Morgan fingerprint density at radius 2 is 2.07 bits per heavy atom. The molecule has 1 unspecified atom stereocenters. The van der Waals surface area contributed by atoms with Gasteiger partial charge in [0.05, 0.1) is 18.2 Å². The van der Waals surface area contributed by atoms with Crippen LogP contribution in [0, 0.1) is 6.92 Å². The predicted molar refractivity (Wildman–Crippen MR) is 111 cm³/mol. The van der Waals surface area contributed by atoms with Crippen molar-refractivity contribution >= 4 is 22.6 Å². The predicted octanol–water partition coefficient (Wildman–Crippen LogP) is 2.17. The minimum Gasteiger partial charge on any atom is -0.391 e. The Balaban J connectivity index is 1.66. The number of pyridine rings is 1. The molecule has 2 aromatic rings. The monoisotopic (exact) mass is 382 g/mol. The molecule has 3 heterocycles. The summed E-state index contributed by atoms with van der Waals surface area (Å²) in [7, 11) is 0. The number of amides is 1. The molecule has 0 radical (unpaired) electrons. The first-order valence-electron chi connectivity index (χ1n) is 10.4. The Labute approximate surface area is 166 Å². The van der Waals surface area contributed by atoms with E-state index in [1.54, 1.807) is 0 Å². The molecule has 150 valence electrons. The van der Waals surface area contributed by atoms with E-state index in [1.165, 1.54) is 5.56 Å². The van der Waals surface area contributed by atoms with Crippen LogP contribution in [0.4, 0.5) is 5.82 Å². The van der Waals surface area contributed by atoms with E-state index in [4.69, 9.17) is 4.98 Å². The summed E-state index contributed by atoms with van der Waals surface area (Å²) in [4.78, 5) is 23.7. The first-order chi connectivity index (χ1) is 13.5. The average molecular weight is 383 g/mol. The second-order valence-corrected chi connectivity index (χ2v) is 8.09. The van der Waals surface area contributed by atoms with Gasteiger partial charge in [0.25, 0.3) is 0 Å². The molecule has 0 spiro atoms. The van der Waals surface area contributed by atoms with Crippen LogP contribution in [0.3, 0.4) is 0 Å². The number of aryl methyl sites for hydroxylation is 1. The molecule has 1 amide bonds. The number of rotatable bonds is 4. The van der Waals surface area contributed by atoms with Gasteiger partial charge in [-0.15, -0.1) is 0 Å². The maximum Gasteiger partial charge on any atom is 0.236 e. The molecule has 2 fully saturated rings. The SMILES string of the molecule is CCN1CCN(Cc2cc3cc(C)ccc3nc2N2CCCC(O)C2)CC1=O. The number of aromatic nitrogens is 1. The number of nitrogens with zero attached hydrogens (tertiary/aromatic N) is 4. The quantitative estimate of drug-likeness (QED) is 0.878. The fourth-order valence-corrected chi connectivity index (χ4v) is 4.33. The summed E-state index contributed by atoms with van der Waals surface area (Å²) in [5.41, 5.74) is 3.34. The molecular weight excluding hydrogens is 352 g/mol. The highest BCUT2D eigenvalue weighted by atomic mass is 16.3. The molecule has 6 heteroatoms. The zero-order valence-corrected chi connectivity index (χ0v) is 16.9. The third-order valence-corrected chi connectivity index (χ3v) is 5.90. The number of benzene rings is 1. The maximum absolute atomic E-state index is 12.3. The molecular formula is C22H30N4O2. The third kappa shape index (κ3) is 3.98. The Hall–Kier alpha value is -2.18. The highest BCUT2D eigenvalue weighted by Gasteiger charge is 2.26. The van der Waals surface area contributed by atoms with Crippen molar-refractivity contribution < 1.29 is 9.90 Å². The van der Waals surface area contributed by atoms with Crippen LogP contribution >= 0.6 is 0 Å². The Kier molecular flexibility index (Phi) is 5.51. The highest BCUT2D eigenvalue weighted by Crippen LogP contribution is 2.28. The van der Waals surface area contributed by atoms with Gasteiger partial charge in [-0.25, -0.2) is 4.98 Å². The third-order valence-electron chi connectivity index (χ3n) is 5.90. The normalized spacial score (nSPS) is 21.5. The van der Waals surface area contributed by atoms with E-state index in [0.29, 0.717) is 19.6 Å². The molecule has 6 nitrogen and oxygen atoms in total. The van der Waals surface area contributed by atoms with Crippen LogP contribution in [0.1, 0.15) is 30.9 Å². The molecule has 1 atom stereocenters. The summed E-state index contributed by atoms with van der Waals surface area (Å²) < 4.78 is 0. The number of likely N-dealkylation sites (N-methyl/N-ethyl adjacent to an activating group) is 1. The lowest BCUT2D eigenvalue weighted by molar-refractivity contribution is -0.135. The summed E-state index contributed by atoms with van der Waals surface area (Å²) in [6.07, 6.45) is 1.53. The highest BCUT2D eigenvalue weighted by molar-refractivity contribution is 5.83. The number of aliphatic hydroxyl groups excluding tert-OH is 1. The molecule has 2 saturated heterocycles. The Morgan fingerprint density at radius 3 is 2.82 bits per heavy atom. The summed E-state index contributed by atoms with van der Waals surface area (Å²) in [5.74, 6) is 1.16. The number of hydrogen-bond acceptors (Lipinski definition) is 5. The van der Waals surface area contributed by atoms with Gasteiger partial charge in [-0.2, -0.15) is 0 Å². The zero-order chi connectivity index (χ0) is 19.7. The average Bonchev–Trinajstić information content (AvgIpc) is 2.67. The van der Waals surface area contributed by atoms with Crippen LogP contribution in [-0.2, 0) is 11.3 Å². The van der Waals surface area contributed by atoms with Crippen molar-refractivity contribution in [3.63, 3.8) is 0 Å². The second kappa shape index (κ2) is 8.05. The Bertz CT molecular complexity index is 869. The lowest BCUT2D eigenvalue weighted by Crippen LogP contribution is -2.49. The van der Waals surface area contributed by atoms with E-state index in [1.807, 2.05) is 11.8 Å². The lowest BCUT2D eigenvalue weighted by atomic mass is 10.0. The molecule has 1 N–H and O–H groups in total. The van der Waals surface area contributed by atoms with E-state index >= 15 is 0 Å². The topological polar surface area (TPSA) is 59.9 Å². The van der Waals surface area contributed by atoms with Crippen LogP contribution in [0.5, 0.6) is 0 Å². The first-order valence-corrected chi connectivity index (χ1v) is 10.4. The molecule has 2 aliphatic rings. The van der Waals surface area contributed by atoms with Gasteiger partial charge in [0, 0.05) is 50.2 Å². The number of carbonyl (C=O) groups is 1. The summed E-state index contributed by atoms with van der Waals surface area (Å²) in [6, 6.07) is 8.55. The van der Waals surface area contributed by atoms with Gasteiger partial charge < -0.3 is 14.9 Å². The molecule has 2 aliphatic heterocycles. The van der Waals surface area contributed by atoms with Crippen molar-refractivity contribution in [3.8, 4) is 0 Å². The van der Waals surface area contributed by atoms with Gasteiger partial charge in [-0.3, -0.25) is 9.69 Å². The number of hydrogen-bond donors (Lipinski definition) is 1. The number of fused-ring (bicyclic) bond motifs is 1. The molecule has 1 aromatic carbocycles. The van der Waals surface area contributed by atoms with E-state index < -0.39 is 0 Å². The van der Waals surface area contributed by atoms with Crippen LogP contribution in [0.2, 0.25) is 0 Å². The zero-order valence-electron chi connectivity index (χ0n) is 16.9. The van der Waals surface area contributed by atoms with Crippen LogP contribution < -0.4 is 4.90 Å². The minimum atomic E-state index is -0.299. The van der Waals surface area contributed by atoms with Crippen LogP contribution in [0.25, 0.3) is 10.9 Å². The molecule has 0 aliphatic carbocycles. The second-order valence-electron chi connectivity index (χ2n) is 8.09. The Morgan fingerprint density at radius 1 is 1.21 bits per heavy atom. The number of piperazine rings is 1. The van der Waals surface area contributed by atoms with Crippen molar-refractivity contribution in [1.82, 2.24) is 14.8 Å². The number of anilines is 1. The van der Waals surface area contributed by atoms with Gasteiger partial charge in [-0.05, 0) is 44.9 Å². The van der Waals surface area contributed by atoms with Crippen molar-refractivity contribution in [2.24, 2.45) is 0 Å². The summed E-state index contributed by atoms with van der Waals surface area (Å²) in [5, 5.41) is 11.3. The number of β-amino-alcohol motifs (C(OH)–C–C–N with tert-alkyl or cyclic N) is 1. The van der Waals surface area contributed by atoms with Gasteiger partial charge >= 0.3 is 0 Å². The van der Waals surface area contributed by atoms with Crippen LogP contribution in [-0.4, -0.2) is 71.2 Å². The number of carbonyl (C=O) groups excluding carboxylic acids is 1. The fraction of sp³-hybridized carbons (Fsp3) is 0.545. The van der Waals surface area contributed by atoms with E-state index in [9.17, 15) is 9.90 Å². The molecule has 1 aromatic heterocycles. The summed E-state index contributed by atoms with van der Waals surface area (Å²) >= 11 is 0. The van der Waals surface area contributed by atoms with Crippen molar-refractivity contribution in [1.29, 1.82) is 0 Å². The van der Waals surface area contributed by atoms with E-state index in [-0.39, 0.29) is 12.0 Å². The lowest BCUT2D eigenvalue weighted by Gasteiger charge is -2.36. The fourth-order valence-electron chi connectivity index (χ4n) is 4.33. The van der Waals surface area contributed by atoms with Gasteiger partial charge in [0.15, 0.2) is 0 Å². The van der Waals surface area contributed by atoms with E-state index in [0.717, 1.165) is 61.3 Å². The maximum atomic E-state index is 12.3. The molecule has 28 heavy (non-hydrogen) atoms. The molecule has 0 bridgehead atoms. The van der Waals surface area contributed by atoms with Gasteiger partial charge in [-0.1, -0.05) is 11.6 Å². The largest absolute Gasteiger partial charge is 0.391 e. The van der Waals surface area contributed by atoms with Crippen molar-refractivity contribution in [2.75, 3.05) is 44.2 Å². The standard InChI is InChI=1S/C22H30N4O2/c1-3-25-10-9-24(15-21(25)28)13-18-12-17-11-16(2)6-7-20(17)23-22(18)26-8-4-5-19(27)14-26/h6-7,11-12,19,27H,3-5,8-10,13-15H2,1-2H3. The van der Waals surface area contributed by atoms with Crippen molar-refractivity contribution in [2.45, 2.75) is 39.3 Å².